The minimum Gasteiger partial charge on any atom is -0.357 e. The molecule has 2 amide bonds. The molecule has 1 N–H and O–H groups in total. The lowest BCUT2D eigenvalue weighted by Gasteiger charge is -2.37. The second kappa shape index (κ2) is 9.17. The highest BCUT2D eigenvalue weighted by Gasteiger charge is 2.49. The number of nitrogens with one attached hydrogen (secondary N) is 1. The minimum atomic E-state index is -1.04. The maximum atomic E-state index is 14.6. The van der Waals surface area contributed by atoms with Crippen LogP contribution >= 0.6 is 0 Å². The van der Waals surface area contributed by atoms with Crippen molar-refractivity contribution in [3.05, 3.63) is 77.4 Å². The highest BCUT2D eigenvalue weighted by molar-refractivity contribution is 5.92. The Labute approximate surface area is 193 Å². The number of halogens is 1. The summed E-state index contributed by atoms with van der Waals surface area (Å²) in [5.41, 5.74) is 2.75. The second-order valence-corrected chi connectivity index (χ2v) is 8.66. The molecule has 1 atom stereocenters. The monoisotopic (exact) mass is 448 g/mol. The van der Waals surface area contributed by atoms with E-state index in [1.165, 1.54) is 6.07 Å². The number of aromatic nitrogens is 2. The van der Waals surface area contributed by atoms with E-state index in [0.717, 1.165) is 28.9 Å². The Morgan fingerprint density at radius 1 is 1.09 bits per heavy atom. The number of nitrogens with zero attached hydrogens (tertiary/aromatic N) is 3. The van der Waals surface area contributed by atoms with Crippen LogP contribution in [-0.2, 0) is 22.6 Å². The largest absolute Gasteiger partial charge is 0.357 e. The fraction of sp³-hybridized carbons (Fsp3) is 0.346. The van der Waals surface area contributed by atoms with Gasteiger partial charge in [-0.15, -0.1) is 0 Å². The molecule has 0 saturated carbocycles. The standard InChI is InChI=1S/C26H29FN4O2/c1-18-15-19(2)31(29-18)17-24(32)30-14-8-13-26(30,25(33)28-3)16-20-9-4-5-10-21(20)22-11-6-7-12-23(22)27/h4-7,9-12,15H,8,13-14,16-17H2,1-3H3,(H,28,33). The third-order valence-electron chi connectivity index (χ3n) is 6.49. The lowest BCUT2D eigenvalue weighted by molar-refractivity contribution is -0.145. The van der Waals surface area contributed by atoms with Gasteiger partial charge in [0.1, 0.15) is 17.9 Å². The first kappa shape index (κ1) is 22.7. The van der Waals surface area contributed by atoms with Crippen LogP contribution in [0.1, 0.15) is 29.8 Å². The van der Waals surface area contributed by atoms with Gasteiger partial charge in [-0.1, -0.05) is 42.5 Å². The summed E-state index contributed by atoms with van der Waals surface area (Å²) in [5.74, 6) is -0.668. The van der Waals surface area contributed by atoms with E-state index in [0.29, 0.717) is 24.9 Å². The molecule has 1 unspecified atom stereocenters. The molecule has 1 aliphatic rings. The molecule has 0 aliphatic carbocycles. The van der Waals surface area contributed by atoms with Gasteiger partial charge in [-0.05, 0) is 49.9 Å². The quantitative estimate of drug-likeness (QED) is 0.626. The molecular formula is C26H29FN4O2. The number of aryl methyl sites for hydroxylation is 2. The number of rotatable bonds is 6. The van der Waals surface area contributed by atoms with Crippen LogP contribution in [0.4, 0.5) is 4.39 Å². The van der Waals surface area contributed by atoms with Crippen LogP contribution in [-0.4, -0.2) is 45.6 Å². The average Bonchev–Trinajstić information content (AvgIpc) is 3.37. The zero-order valence-electron chi connectivity index (χ0n) is 19.3. The molecule has 33 heavy (non-hydrogen) atoms. The van der Waals surface area contributed by atoms with Crippen molar-refractivity contribution < 1.29 is 14.0 Å². The van der Waals surface area contributed by atoms with Crippen LogP contribution in [0.2, 0.25) is 0 Å². The fourth-order valence-corrected chi connectivity index (χ4v) is 4.96. The molecule has 2 aromatic carbocycles. The topological polar surface area (TPSA) is 67.2 Å². The maximum Gasteiger partial charge on any atom is 0.246 e. The molecule has 1 saturated heterocycles. The van der Waals surface area contributed by atoms with E-state index in [1.807, 2.05) is 44.2 Å². The van der Waals surface area contributed by atoms with Gasteiger partial charge in [0.25, 0.3) is 0 Å². The van der Waals surface area contributed by atoms with Crippen molar-refractivity contribution in [1.82, 2.24) is 20.0 Å². The first-order chi connectivity index (χ1) is 15.9. The van der Waals surface area contributed by atoms with Crippen molar-refractivity contribution in [3.63, 3.8) is 0 Å². The van der Waals surface area contributed by atoms with Crippen molar-refractivity contribution >= 4 is 11.8 Å². The van der Waals surface area contributed by atoms with Crippen molar-refractivity contribution in [2.75, 3.05) is 13.6 Å². The molecule has 172 valence electrons. The van der Waals surface area contributed by atoms with Crippen LogP contribution in [0.3, 0.4) is 0 Å². The van der Waals surface area contributed by atoms with Gasteiger partial charge >= 0.3 is 0 Å². The first-order valence-corrected chi connectivity index (χ1v) is 11.2. The van der Waals surface area contributed by atoms with Crippen molar-refractivity contribution in [2.45, 2.75) is 45.2 Å². The van der Waals surface area contributed by atoms with Crippen LogP contribution in [0.5, 0.6) is 0 Å². The number of likely N-dealkylation sites (tertiary alicyclic amines) is 1. The smallest absolute Gasteiger partial charge is 0.246 e. The van der Waals surface area contributed by atoms with Gasteiger partial charge in [-0.25, -0.2) is 4.39 Å². The van der Waals surface area contributed by atoms with E-state index in [9.17, 15) is 14.0 Å². The number of carbonyl (C=O) groups is 2. The molecule has 1 aromatic heterocycles. The van der Waals surface area contributed by atoms with E-state index in [1.54, 1.807) is 34.8 Å². The van der Waals surface area contributed by atoms with Gasteiger partial charge in [0.05, 0.1) is 5.69 Å². The molecular weight excluding hydrogens is 419 g/mol. The summed E-state index contributed by atoms with van der Waals surface area (Å²) in [4.78, 5) is 28.4. The van der Waals surface area contributed by atoms with Gasteiger partial charge in [-0.3, -0.25) is 14.3 Å². The Kier molecular flexibility index (Phi) is 6.31. The van der Waals surface area contributed by atoms with E-state index in [4.69, 9.17) is 0 Å². The Morgan fingerprint density at radius 2 is 1.79 bits per heavy atom. The third-order valence-corrected chi connectivity index (χ3v) is 6.49. The summed E-state index contributed by atoms with van der Waals surface area (Å²) in [6.07, 6.45) is 1.57. The lowest BCUT2D eigenvalue weighted by Crippen LogP contribution is -2.58. The molecule has 2 heterocycles. The predicted molar refractivity (Wildman–Crippen MR) is 125 cm³/mol. The van der Waals surface area contributed by atoms with Crippen molar-refractivity contribution in [1.29, 1.82) is 0 Å². The van der Waals surface area contributed by atoms with Crippen LogP contribution in [0.25, 0.3) is 11.1 Å². The van der Waals surface area contributed by atoms with Gasteiger partial charge in [-0.2, -0.15) is 5.10 Å². The summed E-state index contributed by atoms with van der Waals surface area (Å²) in [7, 11) is 1.59. The molecule has 0 spiro atoms. The van der Waals surface area contributed by atoms with Crippen molar-refractivity contribution in [3.8, 4) is 11.1 Å². The summed E-state index contributed by atoms with van der Waals surface area (Å²) in [5, 5.41) is 7.18. The van der Waals surface area contributed by atoms with Crippen LogP contribution in [0, 0.1) is 19.7 Å². The molecule has 7 heteroatoms. The highest BCUT2D eigenvalue weighted by atomic mass is 19.1. The maximum absolute atomic E-state index is 14.6. The summed E-state index contributed by atoms with van der Waals surface area (Å²) in [6, 6.07) is 16.1. The van der Waals surface area contributed by atoms with E-state index in [-0.39, 0.29) is 24.2 Å². The molecule has 0 bridgehead atoms. The predicted octanol–water partition coefficient (Wildman–Crippen LogP) is 3.66. The normalized spacial score (nSPS) is 17.9. The number of amides is 2. The summed E-state index contributed by atoms with van der Waals surface area (Å²) >= 11 is 0. The van der Waals surface area contributed by atoms with E-state index in [2.05, 4.69) is 10.4 Å². The van der Waals surface area contributed by atoms with E-state index >= 15 is 0 Å². The van der Waals surface area contributed by atoms with Crippen LogP contribution < -0.4 is 5.32 Å². The molecule has 1 aliphatic heterocycles. The first-order valence-electron chi connectivity index (χ1n) is 11.2. The Balaban J connectivity index is 1.71. The lowest BCUT2D eigenvalue weighted by atomic mass is 9.84. The van der Waals surface area contributed by atoms with E-state index < -0.39 is 5.54 Å². The number of benzene rings is 2. The highest BCUT2D eigenvalue weighted by Crippen LogP contribution is 2.37. The van der Waals surface area contributed by atoms with Gasteiger partial charge in [0.2, 0.25) is 11.8 Å². The second-order valence-electron chi connectivity index (χ2n) is 8.66. The Bertz CT molecular complexity index is 1190. The summed E-state index contributed by atoms with van der Waals surface area (Å²) < 4.78 is 16.3. The Hall–Kier alpha value is -3.48. The zero-order valence-corrected chi connectivity index (χ0v) is 19.3. The fourth-order valence-electron chi connectivity index (χ4n) is 4.96. The van der Waals surface area contributed by atoms with Gasteiger partial charge in [0.15, 0.2) is 0 Å². The number of hydrogen-bond acceptors (Lipinski definition) is 3. The molecule has 0 radical (unpaired) electrons. The average molecular weight is 449 g/mol. The molecule has 6 nitrogen and oxygen atoms in total. The molecule has 1 fully saturated rings. The SMILES string of the molecule is CNC(=O)C1(Cc2ccccc2-c2ccccc2F)CCCN1C(=O)Cn1nc(C)cc1C. The van der Waals surface area contributed by atoms with Crippen molar-refractivity contribution in [2.24, 2.45) is 0 Å². The Morgan fingerprint density at radius 3 is 2.45 bits per heavy atom. The van der Waals surface area contributed by atoms with Gasteiger partial charge < -0.3 is 10.2 Å². The molecule has 4 rings (SSSR count). The number of hydrogen-bond donors (Lipinski definition) is 1. The number of likely N-dealkylation sites (N-methyl/N-ethyl adjacent to an activating group) is 1. The summed E-state index contributed by atoms with van der Waals surface area (Å²) in [6.45, 7) is 4.37. The number of carbonyl (C=O) groups excluding carboxylic acids is 2. The minimum absolute atomic E-state index is 0.0768. The van der Waals surface area contributed by atoms with Gasteiger partial charge in [0, 0.05) is 31.3 Å². The molecule has 3 aromatic rings. The third kappa shape index (κ3) is 4.27. The van der Waals surface area contributed by atoms with Crippen LogP contribution in [0.15, 0.2) is 54.6 Å². The zero-order chi connectivity index (χ0) is 23.6.